The summed E-state index contributed by atoms with van der Waals surface area (Å²) in [6.07, 6.45) is 0. The van der Waals surface area contributed by atoms with Gasteiger partial charge in [0.2, 0.25) is 5.91 Å². The van der Waals surface area contributed by atoms with E-state index in [9.17, 15) is 4.79 Å². The summed E-state index contributed by atoms with van der Waals surface area (Å²) in [6, 6.07) is 7.50. The topological polar surface area (TPSA) is 76.4 Å². The van der Waals surface area contributed by atoms with E-state index < -0.39 is 0 Å². The summed E-state index contributed by atoms with van der Waals surface area (Å²) in [7, 11) is 1.62. The van der Waals surface area contributed by atoms with Crippen molar-refractivity contribution in [3.05, 3.63) is 40.1 Å². The number of halogens is 1. The van der Waals surface area contributed by atoms with Crippen molar-refractivity contribution in [2.24, 2.45) is 0 Å². The summed E-state index contributed by atoms with van der Waals surface area (Å²) < 4.78 is 11.0. The molecule has 0 aliphatic carbocycles. The molecular weight excluding hydrogens is 350 g/mol. The third kappa shape index (κ3) is 4.32. The minimum absolute atomic E-state index is 0.0204. The molecule has 1 atom stereocenters. The first-order valence-electron chi connectivity index (χ1n) is 6.79. The van der Waals surface area contributed by atoms with Gasteiger partial charge in [-0.25, -0.2) is 0 Å². The van der Waals surface area contributed by atoms with Crippen molar-refractivity contribution < 1.29 is 14.1 Å². The van der Waals surface area contributed by atoms with Crippen molar-refractivity contribution in [3.63, 3.8) is 0 Å². The number of aromatic nitrogens is 1. The van der Waals surface area contributed by atoms with E-state index in [2.05, 4.69) is 31.7 Å². The molecule has 0 aliphatic heterocycles. The molecule has 0 unspecified atom stereocenters. The molecule has 118 valence electrons. The van der Waals surface area contributed by atoms with Gasteiger partial charge in [0.1, 0.15) is 11.5 Å². The van der Waals surface area contributed by atoms with Crippen LogP contribution in [0.15, 0.2) is 33.3 Å². The Morgan fingerprint density at radius 2 is 2.23 bits per heavy atom. The summed E-state index contributed by atoms with van der Waals surface area (Å²) >= 11 is 3.45. The third-order valence-corrected chi connectivity index (χ3v) is 3.76. The van der Waals surface area contributed by atoms with Gasteiger partial charge in [0.15, 0.2) is 5.82 Å². The largest absolute Gasteiger partial charge is 0.496 e. The number of rotatable bonds is 6. The lowest BCUT2D eigenvalue weighted by molar-refractivity contribution is -0.115. The van der Waals surface area contributed by atoms with E-state index in [-0.39, 0.29) is 18.5 Å². The van der Waals surface area contributed by atoms with Gasteiger partial charge in [-0.15, -0.1) is 0 Å². The Morgan fingerprint density at radius 3 is 2.82 bits per heavy atom. The molecule has 2 aromatic rings. The molecule has 0 saturated carbocycles. The molecule has 2 N–H and O–H groups in total. The number of nitrogens with zero attached hydrogens (tertiary/aromatic N) is 1. The number of hydrogen-bond acceptors (Lipinski definition) is 5. The summed E-state index contributed by atoms with van der Waals surface area (Å²) in [5.41, 5.74) is 1.05. The second-order valence-corrected chi connectivity index (χ2v) is 5.72. The summed E-state index contributed by atoms with van der Waals surface area (Å²) in [5.74, 6) is 1.67. The Balaban J connectivity index is 1.88. The first-order chi connectivity index (χ1) is 10.5. The maximum atomic E-state index is 11.8. The molecule has 6 nitrogen and oxygen atoms in total. The van der Waals surface area contributed by atoms with E-state index in [1.54, 1.807) is 20.1 Å². The maximum Gasteiger partial charge on any atom is 0.239 e. The predicted molar refractivity (Wildman–Crippen MR) is 87.0 cm³/mol. The number of anilines is 1. The normalized spacial score (nSPS) is 12.0. The Morgan fingerprint density at radius 1 is 1.45 bits per heavy atom. The fraction of sp³-hybridized carbons (Fsp3) is 0.333. The second kappa shape index (κ2) is 7.42. The van der Waals surface area contributed by atoms with Crippen LogP contribution >= 0.6 is 15.9 Å². The van der Waals surface area contributed by atoms with E-state index in [1.807, 2.05) is 25.1 Å². The smallest absolute Gasteiger partial charge is 0.239 e. The van der Waals surface area contributed by atoms with Crippen molar-refractivity contribution >= 4 is 27.7 Å². The second-order valence-electron chi connectivity index (χ2n) is 4.87. The first kappa shape index (κ1) is 16.5. The molecule has 0 bridgehead atoms. The van der Waals surface area contributed by atoms with Crippen LogP contribution in [-0.4, -0.2) is 24.7 Å². The molecule has 1 heterocycles. The van der Waals surface area contributed by atoms with Gasteiger partial charge in [0, 0.05) is 12.1 Å². The van der Waals surface area contributed by atoms with E-state index >= 15 is 0 Å². The highest BCUT2D eigenvalue weighted by Gasteiger charge is 2.11. The molecule has 22 heavy (non-hydrogen) atoms. The van der Waals surface area contributed by atoms with Crippen LogP contribution in [0, 0.1) is 6.92 Å². The van der Waals surface area contributed by atoms with Crippen molar-refractivity contribution in [2.45, 2.75) is 19.9 Å². The summed E-state index contributed by atoms with van der Waals surface area (Å²) in [6.45, 7) is 3.93. The highest BCUT2D eigenvalue weighted by Crippen LogP contribution is 2.27. The van der Waals surface area contributed by atoms with Crippen LogP contribution in [0.1, 0.15) is 24.3 Å². The molecule has 0 radical (unpaired) electrons. The summed E-state index contributed by atoms with van der Waals surface area (Å²) in [5, 5.41) is 9.54. The van der Waals surface area contributed by atoms with Crippen molar-refractivity contribution in [3.8, 4) is 5.75 Å². The quantitative estimate of drug-likeness (QED) is 0.820. The van der Waals surface area contributed by atoms with Gasteiger partial charge in [-0.05, 0) is 47.5 Å². The molecule has 1 amide bonds. The molecule has 0 spiro atoms. The first-order valence-corrected chi connectivity index (χ1v) is 7.59. The average molecular weight is 368 g/mol. The van der Waals surface area contributed by atoms with Crippen LogP contribution in [0.5, 0.6) is 5.75 Å². The predicted octanol–water partition coefficient (Wildman–Crippen LogP) is 3.04. The average Bonchev–Trinajstić information content (AvgIpc) is 2.89. The van der Waals surface area contributed by atoms with Crippen molar-refractivity contribution in [1.82, 2.24) is 10.5 Å². The summed E-state index contributed by atoms with van der Waals surface area (Å²) in [4.78, 5) is 11.8. The van der Waals surface area contributed by atoms with Gasteiger partial charge in [-0.2, -0.15) is 0 Å². The third-order valence-electron chi connectivity index (χ3n) is 3.14. The van der Waals surface area contributed by atoms with E-state index in [1.165, 1.54) is 0 Å². The van der Waals surface area contributed by atoms with Crippen LogP contribution in [0.3, 0.4) is 0 Å². The van der Waals surface area contributed by atoms with Crippen molar-refractivity contribution in [2.75, 3.05) is 19.0 Å². The number of ether oxygens (including phenoxy) is 1. The minimum Gasteiger partial charge on any atom is -0.496 e. The fourth-order valence-electron chi connectivity index (χ4n) is 1.93. The molecule has 0 fully saturated rings. The van der Waals surface area contributed by atoms with E-state index in [4.69, 9.17) is 9.26 Å². The lowest BCUT2D eigenvalue weighted by atomic mass is 10.1. The van der Waals surface area contributed by atoms with Gasteiger partial charge in [-0.1, -0.05) is 11.2 Å². The number of carbonyl (C=O) groups is 1. The lowest BCUT2D eigenvalue weighted by Gasteiger charge is -2.15. The number of methoxy groups -OCH3 is 1. The molecule has 0 saturated heterocycles. The Hall–Kier alpha value is -1.86. The number of nitrogens with one attached hydrogen (secondary N) is 2. The van der Waals surface area contributed by atoms with Crippen molar-refractivity contribution in [1.29, 1.82) is 0 Å². The van der Waals surface area contributed by atoms with E-state index in [0.29, 0.717) is 11.6 Å². The molecule has 2 rings (SSSR count). The molecule has 7 heteroatoms. The van der Waals surface area contributed by atoms with E-state index in [0.717, 1.165) is 15.8 Å². The number of benzene rings is 1. The van der Waals surface area contributed by atoms with Gasteiger partial charge >= 0.3 is 0 Å². The standard InChI is InChI=1S/C15H18BrN3O3/c1-9-6-14(19-22-9)18-15(20)8-17-10(2)11-4-5-13(21-3)12(16)7-11/h4-7,10,17H,8H2,1-3H3,(H,18,19,20)/t10-/m0/s1. The van der Waals surface area contributed by atoms with Gasteiger partial charge in [0.25, 0.3) is 0 Å². The van der Waals surface area contributed by atoms with Gasteiger partial charge < -0.3 is 19.9 Å². The van der Waals surface area contributed by atoms with Crippen LogP contribution in [0.2, 0.25) is 0 Å². The van der Waals surface area contributed by atoms with Crippen LogP contribution in [-0.2, 0) is 4.79 Å². The number of amides is 1. The van der Waals surface area contributed by atoms with Crippen LogP contribution in [0.4, 0.5) is 5.82 Å². The van der Waals surface area contributed by atoms with Crippen LogP contribution in [0.25, 0.3) is 0 Å². The van der Waals surface area contributed by atoms with Gasteiger partial charge in [-0.3, -0.25) is 4.79 Å². The fourth-order valence-corrected chi connectivity index (χ4v) is 2.49. The Labute approximate surface area is 137 Å². The maximum absolute atomic E-state index is 11.8. The Kier molecular flexibility index (Phi) is 5.57. The Bertz CT molecular complexity index is 657. The molecule has 1 aromatic heterocycles. The zero-order valence-electron chi connectivity index (χ0n) is 12.6. The molecule has 1 aromatic carbocycles. The monoisotopic (exact) mass is 367 g/mol. The van der Waals surface area contributed by atoms with Crippen LogP contribution < -0.4 is 15.4 Å². The highest BCUT2D eigenvalue weighted by molar-refractivity contribution is 9.10. The molecule has 0 aliphatic rings. The number of carbonyl (C=O) groups excluding carboxylic acids is 1. The number of aryl methyl sites for hydroxylation is 1. The molecular formula is C15H18BrN3O3. The highest BCUT2D eigenvalue weighted by atomic mass is 79.9. The lowest BCUT2D eigenvalue weighted by Crippen LogP contribution is -2.30. The zero-order chi connectivity index (χ0) is 16.1. The number of hydrogen-bond donors (Lipinski definition) is 2. The van der Waals surface area contributed by atoms with Gasteiger partial charge in [0.05, 0.1) is 18.1 Å². The minimum atomic E-state index is -0.173. The SMILES string of the molecule is COc1ccc([C@H](C)NCC(=O)Nc2cc(C)on2)cc1Br. The zero-order valence-corrected chi connectivity index (χ0v) is 14.2.